The second-order valence-electron chi connectivity index (χ2n) is 21.0. The predicted molar refractivity (Wildman–Crippen MR) is 264 cm³/mol. The zero-order chi connectivity index (χ0) is 47.8. The van der Waals surface area contributed by atoms with E-state index >= 15 is 0 Å². The highest BCUT2D eigenvalue weighted by molar-refractivity contribution is 5.70. The molecule has 0 spiro atoms. The number of unbranched alkanes of at least 4 members (excludes halogenated alkanes) is 15. The lowest BCUT2D eigenvalue weighted by atomic mass is 9.51. The molecule has 0 radical (unpaired) electrons. The quantitative estimate of drug-likeness (QED) is 0.0252. The van der Waals surface area contributed by atoms with E-state index in [2.05, 4.69) is 39.5 Å². The number of hydrogen-bond donors (Lipinski definition) is 0. The average molecular weight is 936 g/mol. The van der Waals surface area contributed by atoms with Gasteiger partial charge in [-0.15, -0.1) is 0 Å². The molecule has 0 aliphatic heterocycles. The molecule has 4 rings (SSSR count). The van der Waals surface area contributed by atoms with E-state index in [9.17, 15) is 14.4 Å². The molecule has 0 aromatic heterocycles. The molecule has 66 heavy (non-hydrogen) atoms. The third-order valence-corrected chi connectivity index (χ3v) is 15.1. The lowest BCUT2D eigenvalue weighted by Crippen LogP contribution is -2.50. The van der Waals surface area contributed by atoms with Gasteiger partial charge in [-0.05, 0) is 96.2 Å². The maximum Gasteiger partial charge on any atom is 0.305 e. The maximum atomic E-state index is 13.6. The molecule has 0 saturated heterocycles. The van der Waals surface area contributed by atoms with Gasteiger partial charge in [-0.1, -0.05) is 131 Å². The van der Waals surface area contributed by atoms with Crippen molar-refractivity contribution in [2.45, 2.75) is 246 Å². The van der Waals surface area contributed by atoms with Crippen molar-refractivity contribution in [3.05, 3.63) is 0 Å². The van der Waals surface area contributed by atoms with Crippen molar-refractivity contribution in [2.75, 3.05) is 66.4 Å². The van der Waals surface area contributed by atoms with Gasteiger partial charge in [0.15, 0.2) is 12.6 Å². The number of fused-ring (bicyclic) bond motifs is 1. The van der Waals surface area contributed by atoms with Gasteiger partial charge in [0.05, 0.1) is 32.7 Å². The van der Waals surface area contributed by atoms with Crippen molar-refractivity contribution in [3.8, 4) is 0 Å². The van der Waals surface area contributed by atoms with Crippen molar-refractivity contribution >= 4 is 17.9 Å². The first-order valence-electron chi connectivity index (χ1n) is 27.6. The molecule has 5 atom stereocenters. The second kappa shape index (κ2) is 34.5. The van der Waals surface area contributed by atoms with Crippen LogP contribution in [0, 0.1) is 22.2 Å². The summed E-state index contributed by atoms with van der Waals surface area (Å²) in [6.07, 6.45) is 29.6. The number of hydrogen-bond acceptors (Lipinski definition) is 11. The fourth-order valence-corrected chi connectivity index (χ4v) is 11.6. The molecule has 5 unspecified atom stereocenters. The van der Waals surface area contributed by atoms with Gasteiger partial charge >= 0.3 is 17.9 Å². The standard InChI is InChI=1S/C55H101NO10/c1-7-12-15-18-21-24-36-61-51(60-6)31-29-49(58)66-46-55-41-47-39-53(42-55,44-64-48(57)28-27-35-56(10-4)11-5)33-34-54(40-47,43-55)45-65-50(59)30-32-52(62-37-25-22-19-16-13-8-2)63-38-26-23-20-17-14-9-3/h47,51-52H,7-46H2,1-6H3. The second-order valence-corrected chi connectivity index (χ2v) is 21.0. The van der Waals surface area contributed by atoms with Crippen LogP contribution in [-0.4, -0.2) is 102 Å². The smallest absolute Gasteiger partial charge is 0.305 e. The zero-order valence-electron chi connectivity index (χ0n) is 43.5. The summed E-state index contributed by atoms with van der Waals surface area (Å²) in [6, 6.07) is 0. The molecule has 0 aromatic carbocycles. The van der Waals surface area contributed by atoms with E-state index in [0.29, 0.717) is 64.8 Å². The van der Waals surface area contributed by atoms with E-state index in [1.165, 1.54) is 77.0 Å². The first-order valence-corrected chi connectivity index (χ1v) is 27.6. The Hall–Kier alpha value is -1.79. The average Bonchev–Trinajstić information content (AvgIpc) is 3.49. The van der Waals surface area contributed by atoms with Crippen LogP contribution in [0.1, 0.15) is 234 Å². The van der Waals surface area contributed by atoms with Gasteiger partial charge in [0, 0.05) is 62.4 Å². The fraction of sp³-hybridized carbons (Fsp3) is 0.945. The summed E-state index contributed by atoms with van der Waals surface area (Å²) in [5.74, 6) is -0.205. The molecule has 386 valence electrons. The molecule has 0 aromatic rings. The molecule has 11 heteroatoms. The van der Waals surface area contributed by atoms with Crippen molar-refractivity contribution in [3.63, 3.8) is 0 Å². The molecular weight excluding hydrogens is 835 g/mol. The van der Waals surface area contributed by atoms with Crippen LogP contribution in [0.15, 0.2) is 0 Å². The number of esters is 3. The van der Waals surface area contributed by atoms with Gasteiger partial charge in [0.2, 0.25) is 0 Å². The number of rotatable bonds is 43. The van der Waals surface area contributed by atoms with Gasteiger partial charge in [0.1, 0.15) is 0 Å². The van der Waals surface area contributed by atoms with E-state index in [-0.39, 0.29) is 47.0 Å². The lowest BCUT2D eigenvalue weighted by Gasteiger charge is -2.54. The Kier molecular flexibility index (Phi) is 30.6. The molecule has 4 aliphatic rings. The first-order chi connectivity index (χ1) is 32.1. The molecule has 11 nitrogen and oxygen atoms in total. The Morgan fingerprint density at radius 3 is 1.30 bits per heavy atom. The minimum Gasteiger partial charge on any atom is -0.465 e. The molecule has 4 saturated carbocycles. The zero-order valence-corrected chi connectivity index (χ0v) is 43.5. The lowest BCUT2D eigenvalue weighted by molar-refractivity contribution is -0.169. The summed E-state index contributed by atoms with van der Waals surface area (Å²) in [7, 11) is 1.63. The Labute approximate surface area is 403 Å². The van der Waals surface area contributed by atoms with Gasteiger partial charge in [-0.3, -0.25) is 14.4 Å². The third kappa shape index (κ3) is 23.7. The largest absolute Gasteiger partial charge is 0.465 e. The van der Waals surface area contributed by atoms with E-state index in [0.717, 1.165) is 110 Å². The highest BCUT2D eigenvalue weighted by atomic mass is 16.7. The molecule has 4 fully saturated rings. The Bertz CT molecular complexity index is 1260. The Morgan fingerprint density at radius 1 is 0.485 bits per heavy atom. The minimum absolute atomic E-state index is 0.129. The summed E-state index contributed by atoms with van der Waals surface area (Å²) in [4.78, 5) is 42.5. The monoisotopic (exact) mass is 936 g/mol. The van der Waals surface area contributed by atoms with E-state index in [4.69, 9.17) is 33.2 Å². The summed E-state index contributed by atoms with van der Waals surface area (Å²) < 4.78 is 42.6. The highest BCUT2D eigenvalue weighted by Gasteiger charge is 2.60. The van der Waals surface area contributed by atoms with Crippen LogP contribution in [0.4, 0.5) is 0 Å². The van der Waals surface area contributed by atoms with Crippen LogP contribution in [0.2, 0.25) is 0 Å². The Balaban J connectivity index is 1.62. The van der Waals surface area contributed by atoms with Crippen LogP contribution >= 0.6 is 0 Å². The number of ether oxygens (including phenoxy) is 7. The van der Waals surface area contributed by atoms with Crippen LogP contribution < -0.4 is 0 Å². The third-order valence-electron chi connectivity index (χ3n) is 15.1. The van der Waals surface area contributed by atoms with E-state index in [1.54, 1.807) is 7.11 Å². The molecule has 4 aliphatic carbocycles. The summed E-state index contributed by atoms with van der Waals surface area (Å²) >= 11 is 0. The predicted octanol–water partition coefficient (Wildman–Crippen LogP) is 13.1. The van der Waals surface area contributed by atoms with Gasteiger partial charge in [0.25, 0.3) is 0 Å². The summed E-state index contributed by atoms with van der Waals surface area (Å²) in [5.41, 5.74) is -0.681. The number of methoxy groups -OCH3 is 1. The van der Waals surface area contributed by atoms with Crippen molar-refractivity contribution in [2.24, 2.45) is 22.2 Å². The molecule has 4 bridgehead atoms. The molecule has 0 heterocycles. The molecule has 0 amide bonds. The van der Waals surface area contributed by atoms with Crippen LogP contribution in [-0.2, 0) is 47.5 Å². The SMILES string of the molecule is CCCCCCCCOC(CCC(=O)OCC12CC3CC(COC(=O)CCCN(CC)CC)(CCC(COC(=O)CCC(OCCCCCCCC)OCCCCCCCC)(C3)C1)C2)OC. The van der Waals surface area contributed by atoms with Crippen LogP contribution in [0.25, 0.3) is 0 Å². The summed E-state index contributed by atoms with van der Waals surface area (Å²) in [5, 5.41) is 0. The van der Waals surface area contributed by atoms with E-state index < -0.39 is 12.6 Å². The minimum atomic E-state index is -0.437. The molecule has 0 N–H and O–H groups in total. The summed E-state index contributed by atoms with van der Waals surface area (Å²) in [6.45, 7) is 16.8. The highest BCUT2D eigenvalue weighted by Crippen LogP contribution is 2.66. The van der Waals surface area contributed by atoms with Crippen molar-refractivity contribution < 1.29 is 47.5 Å². The normalized spacial score (nSPS) is 22.8. The topological polar surface area (TPSA) is 119 Å². The van der Waals surface area contributed by atoms with Crippen LogP contribution in [0.5, 0.6) is 0 Å². The maximum absolute atomic E-state index is 13.6. The van der Waals surface area contributed by atoms with E-state index in [1.807, 2.05) is 0 Å². The van der Waals surface area contributed by atoms with Crippen LogP contribution in [0.3, 0.4) is 0 Å². The van der Waals surface area contributed by atoms with Crippen molar-refractivity contribution in [1.82, 2.24) is 4.90 Å². The van der Waals surface area contributed by atoms with Gasteiger partial charge < -0.3 is 38.1 Å². The first kappa shape index (κ1) is 58.5. The number of carbonyl (C=O) groups is 3. The van der Waals surface area contributed by atoms with Crippen molar-refractivity contribution in [1.29, 1.82) is 0 Å². The fourth-order valence-electron chi connectivity index (χ4n) is 11.6. The number of nitrogens with zero attached hydrogens (tertiary/aromatic N) is 1. The molecular formula is C55H101NO10. The Morgan fingerprint density at radius 2 is 0.864 bits per heavy atom. The van der Waals surface area contributed by atoms with Gasteiger partial charge in [-0.2, -0.15) is 0 Å². The van der Waals surface area contributed by atoms with Gasteiger partial charge in [-0.25, -0.2) is 0 Å². The number of carbonyl (C=O) groups excluding carboxylic acids is 3.